The van der Waals surface area contributed by atoms with Crippen LogP contribution in [0.25, 0.3) is 0 Å². The largest absolute Gasteiger partial charge is 0.383 e. The standard InChI is InChI=1S/C17H27N7O4/c1-13(2)10-24-16(27)23(8-9-28-3)15(26)17(24)4-6-21(7-5-17)14(25)11-22-12-18-19-20-22/h12-13H,4-11H2,1-3H3. The number of imide groups is 1. The van der Waals surface area contributed by atoms with Gasteiger partial charge in [0.1, 0.15) is 18.4 Å². The lowest BCUT2D eigenvalue weighted by molar-refractivity contribution is -0.141. The highest BCUT2D eigenvalue weighted by Crippen LogP contribution is 2.37. The van der Waals surface area contributed by atoms with Crippen molar-refractivity contribution in [3.05, 3.63) is 6.33 Å². The average Bonchev–Trinajstić information content (AvgIpc) is 3.24. The first-order valence-electron chi connectivity index (χ1n) is 9.50. The Balaban J connectivity index is 1.73. The van der Waals surface area contributed by atoms with E-state index < -0.39 is 5.54 Å². The molecule has 11 heteroatoms. The molecule has 11 nitrogen and oxygen atoms in total. The van der Waals surface area contributed by atoms with Gasteiger partial charge in [0.2, 0.25) is 5.91 Å². The van der Waals surface area contributed by atoms with Gasteiger partial charge in [-0.1, -0.05) is 13.8 Å². The van der Waals surface area contributed by atoms with Crippen molar-refractivity contribution in [3.8, 4) is 0 Å². The number of hydrogen-bond acceptors (Lipinski definition) is 7. The summed E-state index contributed by atoms with van der Waals surface area (Å²) in [6.07, 6.45) is 2.24. The number of likely N-dealkylation sites (tertiary alicyclic amines) is 1. The number of piperidine rings is 1. The molecular formula is C17H27N7O4. The van der Waals surface area contributed by atoms with Crippen LogP contribution in [-0.4, -0.2) is 98.2 Å². The van der Waals surface area contributed by atoms with Crippen molar-refractivity contribution in [1.29, 1.82) is 0 Å². The second-order valence-corrected chi connectivity index (χ2v) is 7.66. The molecule has 0 radical (unpaired) electrons. The first-order chi connectivity index (χ1) is 13.4. The Morgan fingerprint density at radius 1 is 1.29 bits per heavy atom. The molecule has 3 heterocycles. The van der Waals surface area contributed by atoms with Crippen molar-refractivity contribution in [2.75, 3.05) is 39.9 Å². The molecule has 2 aliphatic heterocycles. The molecular weight excluding hydrogens is 366 g/mol. The fraction of sp³-hybridized carbons (Fsp3) is 0.765. The van der Waals surface area contributed by atoms with Gasteiger partial charge in [0.25, 0.3) is 5.91 Å². The van der Waals surface area contributed by atoms with Crippen LogP contribution in [0.3, 0.4) is 0 Å². The van der Waals surface area contributed by atoms with Gasteiger partial charge in [0, 0.05) is 26.7 Å². The minimum atomic E-state index is -0.874. The number of carbonyl (C=O) groups excluding carboxylic acids is 3. The number of tetrazole rings is 1. The third kappa shape index (κ3) is 3.71. The molecule has 0 unspecified atom stereocenters. The minimum absolute atomic E-state index is 0.0581. The third-order valence-electron chi connectivity index (χ3n) is 5.32. The lowest BCUT2D eigenvalue weighted by atomic mass is 9.85. The second kappa shape index (κ2) is 8.21. The predicted molar refractivity (Wildman–Crippen MR) is 96.9 cm³/mol. The van der Waals surface area contributed by atoms with E-state index in [2.05, 4.69) is 15.5 Å². The Kier molecular flexibility index (Phi) is 5.92. The number of ether oxygens (including phenoxy) is 1. The summed E-state index contributed by atoms with van der Waals surface area (Å²) < 4.78 is 6.42. The van der Waals surface area contributed by atoms with E-state index in [1.54, 1.807) is 16.9 Å². The molecule has 4 amide bonds. The van der Waals surface area contributed by atoms with E-state index in [-0.39, 0.29) is 36.9 Å². The number of nitrogens with zero attached hydrogens (tertiary/aromatic N) is 7. The highest BCUT2D eigenvalue weighted by Gasteiger charge is 2.58. The molecule has 0 aliphatic carbocycles. The smallest absolute Gasteiger partial charge is 0.327 e. The molecule has 0 aromatic carbocycles. The third-order valence-corrected chi connectivity index (χ3v) is 5.32. The fourth-order valence-corrected chi connectivity index (χ4v) is 3.88. The molecule has 0 N–H and O–H groups in total. The van der Waals surface area contributed by atoms with Crippen LogP contribution < -0.4 is 0 Å². The summed E-state index contributed by atoms with van der Waals surface area (Å²) in [5.74, 6) is -0.0520. The SMILES string of the molecule is COCCN1C(=O)N(CC(C)C)C2(CCN(C(=O)Cn3cnnn3)CC2)C1=O. The van der Waals surface area contributed by atoms with Crippen LogP contribution in [0.5, 0.6) is 0 Å². The van der Waals surface area contributed by atoms with Crippen LogP contribution in [0.2, 0.25) is 0 Å². The molecule has 0 atom stereocenters. The number of rotatable bonds is 7. The molecule has 2 saturated heterocycles. The van der Waals surface area contributed by atoms with Crippen molar-refractivity contribution in [3.63, 3.8) is 0 Å². The van der Waals surface area contributed by atoms with Crippen molar-refractivity contribution in [1.82, 2.24) is 34.9 Å². The van der Waals surface area contributed by atoms with E-state index in [1.807, 2.05) is 13.8 Å². The Morgan fingerprint density at radius 2 is 2.00 bits per heavy atom. The predicted octanol–water partition coefficient (Wildman–Crippen LogP) is -0.399. The van der Waals surface area contributed by atoms with Gasteiger partial charge in [-0.3, -0.25) is 14.5 Å². The van der Waals surface area contributed by atoms with Crippen LogP contribution in [0.4, 0.5) is 4.79 Å². The lowest BCUT2D eigenvalue weighted by Crippen LogP contribution is -2.58. The number of methoxy groups -OCH3 is 1. The molecule has 0 bridgehead atoms. The zero-order valence-electron chi connectivity index (χ0n) is 16.6. The molecule has 2 aliphatic rings. The number of amides is 4. The summed E-state index contributed by atoms with van der Waals surface area (Å²) in [4.78, 5) is 43.3. The Bertz CT molecular complexity index is 713. The maximum absolute atomic E-state index is 13.2. The quantitative estimate of drug-likeness (QED) is 0.579. The summed E-state index contributed by atoms with van der Waals surface area (Å²) in [5, 5.41) is 10.8. The normalized spacial score (nSPS) is 19.4. The Morgan fingerprint density at radius 3 is 2.57 bits per heavy atom. The zero-order valence-corrected chi connectivity index (χ0v) is 16.6. The van der Waals surface area contributed by atoms with Gasteiger partial charge < -0.3 is 14.5 Å². The molecule has 1 spiro atoms. The van der Waals surface area contributed by atoms with Gasteiger partial charge >= 0.3 is 6.03 Å². The summed E-state index contributed by atoms with van der Waals surface area (Å²) >= 11 is 0. The van der Waals surface area contributed by atoms with Crippen LogP contribution in [0.1, 0.15) is 26.7 Å². The van der Waals surface area contributed by atoms with Crippen LogP contribution in [0.15, 0.2) is 6.33 Å². The monoisotopic (exact) mass is 393 g/mol. The minimum Gasteiger partial charge on any atom is -0.383 e. The summed E-state index contributed by atoms with van der Waals surface area (Å²) in [5.41, 5.74) is -0.874. The highest BCUT2D eigenvalue weighted by molar-refractivity contribution is 6.07. The van der Waals surface area contributed by atoms with Gasteiger partial charge in [-0.25, -0.2) is 9.48 Å². The summed E-state index contributed by atoms with van der Waals surface area (Å²) in [6, 6.07) is -0.260. The van der Waals surface area contributed by atoms with E-state index in [0.717, 1.165) is 0 Å². The Labute approximate surface area is 163 Å². The van der Waals surface area contributed by atoms with E-state index in [0.29, 0.717) is 39.1 Å². The highest BCUT2D eigenvalue weighted by atomic mass is 16.5. The molecule has 0 saturated carbocycles. The van der Waals surface area contributed by atoms with Gasteiger partial charge in [0.15, 0.2) is 0 Å². The lowest BCUT2D eigenvalue weighted by Gasteiger charge is -2.42. The number of carbonyl (C=O) groups is 3. The topological polar surface area (TPSA) is 114 Å². The maximum Gasteiger partial charge on any atom is 0.327 e. The molecule has 28 heavy (non-hydrogen) atoms. The van der Waals surface area contributed by atoms with Crippen molar-refractivity contribution < 1.29 is 19.1 Å². The Hall–Kier alpha value is -2.56. The second-order valence-electron chi connectivity index (χ2n) is 7.66. The number of aromatic nitrogens is 4. The first-order valence-corrected chi connectivity index (χ1v) is 9.50. The molecule has 1 aromatic rings. The van der Waals surface area contributed by atoms with E-state index in [9.17, 15) is 14.4 Å². The van der Waals surface area contributed by atoms with Crippen molar-refractivity contribution in [2.24, 2.45) is 5.92 Å². The van der Waals surface area contributed by atoms with Crippen molar-refractivity contribution in [2.45, 2.75) is 38.8 Å². The van der Waals surface area contributed by atoms with Crippen LogP contribution >= 0.6 is 0 Å². The molecule has 154 valence electrons. The van der Waals surface area contributed by atoms with E-state index >= 15 is 0 Å². The van der Waals surface area contributed by atoms with Gasteiger partial charge in [-0.2, -0.15) is 0 Å². The van der Waals surface area contributed by atoms with Crippen LogP contribution in [-0.2, 0) is 20.9 Å². The van der Waals surface area contributed by atoms with Gasteiger partial charge in [0.05, 0.1) is 13.2 Å². The van der Waals surface area contributed by atoms with E-state index in [4.69, 9.17) is 4.74 Å². The fourth-order valence-electron chi connectivity index (χ4n) is 3.88. The number of urea groups is 1. The van der Waals surface area contributed by atoms with E-state index in [1.165, 1.54) is 15.9 Å². The molecule has 3 rings (SSSR count). The zero-order chi connectivity index (χ0) is 20.3. The maximum atomic E-state index is 13.2. The van der Waals surface area contributed by atoms with Crippen molar-refractivity contribution >= 4 is 17.8 Å². The number of hydrogen-bond donors (Lipinski definition) is 0. The first kappa shape index (κ1) is 20.2. The van der Waals surface area contributed by atoms with Crippen LogP contribution in [0, 0.1) is 5.92 Å². The summed E-state index contributed by atoms with van der Waals surface area (Å²) in [6.45, 7) is 5.98. The summed E-state index contributed by atoms with van der Waals surface area (Å²) in [7, 11) is 1.54. The van der Waals surface area contributed by atoms with Gasteiger partial charge in [-0.15, -0.1) is 5.10 Å². The molecule has 1 aromatic heterocycles. The average molecular weight is 393 g/mol. The van der Waals surface area contributed by atoms with Gasteiger partial charge in [-0.05, 0) is 29.2 Å². The molecule has 2 fully saturated rings.